The molecule has 2 aromatic carbocycles. The molecule has 0 aromatic heterocycles. The summed E-state index contributed by atoms with van der Waals surface area (Å²) < 4.78 is 11.4. The van der Waals surface area contributed by atoms with Crippen LogP contribution in [0.3, 0.4) is 0 Å². The average molecular weight is 391 g/mol. The van der Waals surface area contributed by atoms with Gasteiger partial charge in [-0.15, -0.1) is 0 Å². The van der Waals surface area contributed by atoms with Gasteiger partial charge in [0.15, 0.2) is 11.5 Å². The summed E-state index contributed by atoms with van der Waals surface area (Å²) in [5, 5.41) is 10.0. The first kappa shape index (κ1) is 19.6. The van der Waals surface area contributed by atoms with Crippen molar-refractivity contribution < 1.29 is 14.3 Å². The number of nitrogens with zero attached hydrogens (tertiary/aromatic N) is 1. The van der Waals surface area contributed by atoms with Gasteiger partial charge in [0.05, 0.1) is 6.61 Å². The first-order valence-electron chi connectivity index (χ1n) is 7.69. The number of amides is 1. The van der Waals surface area contributed by atoms with E-state index in [1.165, 1.54) is 6.08 Å². The Bertz CT molecular complexity index is 889. The van der Waals surface area contributed by atoms with E-state index in [0.717, 1.165) is 5.56 Å². The summed E-state index contributed by atoms with van der Waals surface area (Å²) in [6, 6.07) is 12.0. The minimum absolute atomic E-state index is 0.144. The molecule has 2 N–H and O–H groups in total. The Morgan fingerprint density at radius 3 is 2.58 bits per heavy atom. The van der Waals surface area contributed by atoms with Crippen LogP contribution in [0.15, 0.2) is 42.0 Å². The number of nitriles is 1. The number of rotatable bonds is 7. The van der Waals surface area contributed by atoms with E-state index >= 15 is 0 Å². The van der Waals surface area contributed by atoms with Crippen LogP contribution in [0.4, 0.5) is 0 Å². The van der Waals surface area contributed by atoms with E-state index in [0.29, 0.717) is 33.7 Å². The van der Waals surface area contributed by atoms with Gasteiger partial charge in [0.25, 0.3) is 5.91 Å². The lowest BCUT2D eigenvalue weighted by atomic mass is 10.1. The number of carbonyl (C=O) groups excluding carboxylic acids is 1. The maximum Gasteiger partial charge on any atom is 0.259 e. The summed E-state index contributed by atoms with van der Waals surface area (Å²) in [7, 11) is 0. The molecule has 0 fully saturated rings. The minimum atomic E-state index is -0.789. The first-order valence-corrected chi connectivity index (χ1v) is 8.45. The highest BCUT2D eigenvalue weighted by atomic mass is 35.5. The summed E-state index contributed by atoms with van der Waals surface area (Å²) in [5.41, 5.74) is 6.38. The van der Waals surface area contributed by atoms with Crippen molar-refractivity contribution >= 4 is 35.2 Å². The Hall–Kier alpha value is -2.68. The van der Waals surface area contributed by atoms with E-state index in [4.69, 9.17) is 43.7 Å². The Morgan fingerprint density at radius 2 is 1.96 bits per heavy atom. The van der Waals surface area contributed by atoms with Gasteiger partial charge in [-0.2, -0.15) is 5.26 Å². The van der Waals surface area contributed by atoms with Gasteiger partial charge in [0, 0.05) is 15.6 Å². The SMILES string of the molecule is CCOc1cc(/C=C(\C#N)C(N)=O)ccc1OCc1ccc(Cl)cc1Cl. The summed E-state index contributed by atoms with van der Waals surface area (Å²) in [5.74, 6) is 0.198. The molecule has 26 heavy (non-hydrogen) atoms. The first-order chi connectivity index (χ1) is 12.4. The number of carbonyl (C=O) groups is 1. The lowest BCUT2D eigenvalue weighted by Gasteiger charge is -2.13. The third kappa shape index (κ3) is 5.16. The van der Waals surface area contributed by atoms with Crippen molar-refractivity contribution in [3.8, 4) is 17.6 Å². The van der Waals surface area contributed by atoms with Crippen LogP contribution in [-0.2, 0) is 11.4 Å². The quantitative estimate of drug-likeness (QED) is 0.561. The van der Waals surface area contributed by atoms with Crippen LogP contribution >= 0.6 is 23.2 Å². The average Bonchev–Trinajstić information content (AvgIpc) is 2.60. The molecule has 2 rings (SSSR count). The Morgan fingerprint density at radius 1 is 1.19 bits per heavy atom. The number of nitrogens with two attached hydrogens (primary N) is 1. The summed E-state index contributed by atoms with van der Waals surface area (Å²) in [6.07, 6.45) is 1.39. The van der Waals surface area contributed by atoms with Crippen molar-refractivity contribution in [1.82, 2.24) is 0 Å². The molecule has 0 heterocycles. The van der Waals surface area contributed by atoms with E-state index in [2.05, 4.69) is 0 Å². The number of benzene rings is 2. The zero-order valence-corrected chi connectivity index (χ0v) is 15.5. The van der Waals surface area contributed by atoms with E-state index in [1.807, 2.05) is 6.92 Å². The van der Waals surface area contributed by atoms with Crippen molar-refractivity contribution in [3.05, 3.63) is 63.1 Å². The molecule has 1 amide bonds. The fourth-order valence-electron chi connectivity index (χ4n) is 2.12. The summed E-state index contributed by atoms with van der Waals surface area (Å²) >= 11 is 12.0. The van der Waals surface area contributed by atoms with Crippen LogP contribution in [0, 0.1) is 11.3 Å². The molecule has 0 saturated heterocycles. The Kier molecular flexibility index (Phi) is 6.90. The molecule has 0 radical (unpaired) electrons. The van der Waals surface area contributed by atoms with E-state index in [1.54, 1.807) is 42.5 Å². The number of primary amides is 1. The molecule has 0 spiro atoms. The molecule has 0 saturated carbocycles. The van der Waals surface area contributed by atoms with Gasteiger partial charge in [0.2, 0.25) is 0 Å². The van der Waals surface area contributed by atoms with E-state index < -0.39 is 5.91 Å². The van der Waals surface area contributed by atoms with Gasteiger partial charge in [-0.25, -0.2) is 0 Å². The fraction of sp³-hybridized carbons (Fsp3) is 0.158. The van der Waals surface area contributed by atoms with E-state index in [-0.39, 0.29) is 12.2 Å². The number of halogens is 2. The third-order valence-corrected chi connectivity index (χ3v) is 3.95. The zero-order chi connectivity index (χ0) is 19.1. The van der Waals surface area contributed by atoms with Crippen molar-refractivity contribution in [2.24, 2.45) is 5.73 Å². The van der Waals surface area contributed by atoms with Gasteiger partial charge >= 0.3 is 0 Å². The number of hydrogen-bond donors (Lipinski definition) is 1. The minimum Gasteiger partial charge on any atom is -0.490 e. The summed E-state index contributed by atoms with van der Waals surface area (Å²) in [4.78, 5) is 11.2. The van der Waals surface area contributed by atoms with Gasteiger partial charge in [0.1, 0.15) is 18.2 Å². The predicted octanol–water partition coefficient (Wildman–Crippen LogP) is 4.36. The monoisotopic (exact) mass is 390 g/mol. The predicted molar refractivity (Wildman–Crippen MR) is 101 cm³/mol. The van der Waals surface area contributed by atoms with Crippen LogP contribution in [0.25, 0.3) is 6.08 Å². The lowest BCUT2D eigenvalue weighted by molar-refractivity contribution is -0.114. The largest absolute Gasteiger partial charge is 0.490 e. The second kappa shape index (κ2) is 9.14. The number of hydrogen-bond acceptors (Lipinski definition) is 4. The molecule has 0 unspecified atom stereocenters. The molecule has 7 heteroatoms. The van der Waals surface area contributed by atoms with Gasteiger partial charge in [-0.3, -0.25) is 4.79 Å². The third-order valence-electron chi connectivity index (χ3n) is 3.36. The Labute approximate surface area is 161 Å². The smallest absolute Gasteiger partial charge is 0.259 e. The molecule has 0 aliphatic rings. The zero-order valence-electron chi connectivity index (χ0n) is 14.0. The van der Waals surface area contributed by atoms with Crippen molar-refractivity contribution in [1.29, 1.82) is 5.26 Å². The standard InChI is InChI=1S/C19H16Cl2N2O3/c1-2-25-18-8-12(7-14(10-22)19(23)24)3-6-17(18)26-11-13-4-5-15(20)9-16(13)21/h3-9H,2,11H2,1H3,(H2,23,24)/b14-7+. The maximum atomic E-state index is 11.2. The van der Waals surface area contributed by atoms with Gasteiger partial charge < -0.3 is 15.2 Å². The van der Waals surface area contributed by atoms with Crippen molar-refractivity contribution in [2.45, 2.75) is 13.5 Å². The molecule has 2 aromatic rings. The molecule has 5 nitrogen and oxygen atoms in total. The highest BCUT2D eigenvalue weighted by Gasteiger charge is 2.10. The molecule has 0 aliphatic heterocycles. The molecule has 0 aliphatic carbocycles. The molecular weight excluding hydrogens is 375 g/mol. The maximum absolute atomic E-state index is 11.2. The van der Waals surface area contributed by atoms with Crippen LogP contribution < -0.4 is 15.2 Å². The van der Waals surface area contributed by atoms with E-state index in [9.17, 15) is 4.79 Å². The molecular formula is C19H16Cl2N2O3. The topological polar surface area (TPSA) is 85.3 Å². The molecule has 0 bridgehead atoms. The highest BCUT2D eigenvalue weighted by molar-refractivity contribution is 6.35. The van der Waals surface area contributed by atoms with Crippen LogP contribution in [0.5, 0.6) is 11.5 Å². The summed E-state index contributed by atoms with van der Waals surface area (Å²) in [6.45, 7) is 2.49. The van der Waals surface area contributed by atoms with Gasteiger partial charge in [-0.1, -0.05) is 35.3 Å². The van der Waals surface area contributed by atoms with Crippen LogP contribution in [0.1, 0.15) is 18.1 Å². The molecule has 134 valence electrons. The fourth-order valence-corrected chi connectivity index (χ4v) is 2.58. The van der Waals surface area contributed by atoms with Crippen LogP contribution in [0.2, 0.25) is 10.0 Å². The Balaban J connectivity index is 2.25. The van der Waals surface area contributed by atoms with Crippen LogP contribution in [-0.4, -0.2) is 12.5 Å². The highest BCUT2D eigenvalue weighted by Crippen LogP contribution is 2.31. The second-order valence-corrected chi connectivity index (χ2v) is 6.04. The number of ether oxygens (including phenoxy) is 2. The lowest BCUT2D eigenvalue weighted by Crippen LogP contribution is -2.12. The second-order valence-electron chi connectivity index (χ2n) is 5.20. The normalized spacial score (nSPS) is 10.9. The van der Waals surface area contributed by atoms with Gasteiger partial charge in [-0.05, 0) is 42.8 Å². The molecule has 0 atom stereocenters. The van der Waals surface area contributed by atoms with Crippen molar-refractivity contribution in [2.75, 3.05) is 6.61 Å². The van der Waals surface area contributed by atoms with Crippen molar-refractivity contribution in [3.63, 3.8) is 0 Å².